The van der Waals surface area contributed by atoms with Crippen LogP contribution in [0.2, 0.25) is 0 Å². The van der Waals surface area contributed by atoms with E-state index < -0.39 is 0 Å². The molecule has 0 aliphatic carbocycles. The van der Waals surface area contributed by atoms with Gasteiger partial charge in [0.1, 0.15) is 0 Å². The lowest BCUT2D eigenvalue weighted by Crippen LogP contribution is -2.03. The van der Waals surface area contributed by atoms with Gasteiger partial charge in [-0.05, 0) is 12.3 Å². The third-order valence-electron chi connectivity index (χ3n) is 6.72. The Kier molecular flexibility index (Phi) is 19.5. The second kappa shape index (κ2) is 21.4. The second-order valence-corrected chi connectivity index (χ2v) is 9.61. The van der Waals surface area contributed by atoms with Crippen molar-refractivity contribution in [3.63, 3.8) is 0 Å². The monoisotopic (exact) mass is 417 g/mol. The highest BCUT2D eigenvalue weighted by molar-refractivity contribution is 6.18. The molecule has 0 fully saturated rings. The highest BCUT2D eigenvalue weighted by Gasteiger charge is 2.18. The minimum atomic E-state index is 0.887. The lowest BCUT2D eigenvalue weighted by molar-refractivity contribution is 0.374. The summed E-state index contributed by atoms with van der Waals surface area (Å²) in [5, 5.41) is 0. The van der Waals surface area contributed by atoms with E-state index in [0.717, 1.165) is 18.5 Å². The van der Waals surface area contributed by atoms with Crippen molar-refractivity contribution in [1.82, 2.24) is 0 Å². The van der Waals surface area contributed by atoms with Crippen LogP contribution in [0.5, 0.6) is 0 Å². The van der Waals surface area contributed by atoms with Gasteiger partial charge in [-0.1, -0.05) is 152 Å². The van der Waals surface area contributed by atoms with Gasteiger partial charge in [0.15, 0.2) is 12.4 Å². The molecule has 0 amide bonds. The quantitative estimate of drug-likeness (QED) is 0.117. The van der Waals surface area contributed by atoms with Gasteiger partial charge in [0.2, 0.25) is 6.17 Å². The highest BCUT2D eigenvalue weighted by atomic mass is 15.0. The molecule has 2 heteroatoms. The molecule has 0 radical (unpaired) electrons. The molecule has 2 nitrogen and oxygen atoms in total. The second-order valence-electron chi connectivity index (χ2n) is 9.61. The van der Waals surface area contributed by atoms with Crippen molar-refractivity contribution in [2.45, 2.75) is 155 Å². The molecule has 174 valence electrons. The van der Waals surface area contributed by atoms with E-state index in [-0.39, 0.29) is 0 Å². The van der Waals surface area contributed by atoms with Crippen LogP contribution in [0, 0.1) is 12.1 Å². The predicted molar refractivity (Wildman–Crippen MR) is 137 cm³/mol. The first-order chi connectivity index (χ1) is 14.9. The summed E-state index contributed by atoms with van der Waals surface area (Å²) >= 11 is 0. The first kappa shape index (κ1) is 27.2. The Bertz CT molecular complexity index is 389. The Morgan fingerprint density at radius 2 is 0.867 bits per heavy atom. The molecule has 1 aliphatic rings. The van der Waals surface area contributed by atoms with E-state index in [0.29, 0.717) is 0 Å². The SMILES string of the molecule is CCCCCCCCCCCCCCCC(CCCCCCC)CC[C+]1N=CC=N1. The third kappa shape index (κ3) is 16.9. The minimum absolute atomic E-state index is 0.887. The maximum atomic E-state index is 4.37. The van der Waals surface area contributed by atoms with Crippen LogP contribution in [-0.4, -0.2) is 12.4 Å². The molecule has 1 atom stereocenters. The first-order valence-electron chi connectivity index (χ1n) is 13.8. The largest absolute Gasteiger partial charge is 0.240 e. The van der Waals surface area contributed by atoms with E-state index >= 15 is 0 Å². The number of hydrogen-bond donors (Lipinski definition) is 0. The molecule has 0 aromatic rings. The van der Waals surface area contributed by atoms with Crippen molar-refractivity contribution in [3.05, 3.63) is 6.17 Å². The number of rotatable bonds is 23. The maximum Gasteiger partial charge on any atom is 0.240 e. The molecule has 0 aromatic heterocycles. The lowest BCUT2D eigenvalue weighted by Gasteiger charge is -2.16. The molecule has 1 aliphatic heterocycles. The average molecular weight is 418 g/mol. The summed E-state index contributed by atoms with van der Waals surface area (Å²) in [4.78, 5) is 8.74. The Morgan fingerprint density at radius 3 is 1.27 bits per heavy atom. The van der Waals surface area contributed by atoms with E-state index in [4.69, 9.17) is 0 Å². The van der Waals surface area contributed by atoms with Gasteiger partial charge in [-0.25, -0.2) is 0 Å². The molecule has 1 rings (SSSR count). The van der Waals surface area contributed by atoms with Crippen LogP contribution in [-0.2, 0) is 0 Å². The number of unbranched alkanes of at least 4 members (excludes halogenated alkanes) is 16. The zero-order valence-corrected chi connectivity index (χ0v) is 20.7. The zero-order chi connectivity index (χ0) is 21.5. The van der Waals surface area contributed by atoms with Crippen molar-refractivity contribution in [2.24, 2.45) is 15.9 Å². The van der Waals surface area contributed by atoms with Crippen molar-refractivity contribution in [3.8, 4) is 0 Å². The molecule has 0 spiro atoms. The lowest BCUT2D eigenvalue weighted by atomic mass is 9.90. The number of nitrogens with zero attached hydrogens (tertiary/aromatic N) is 2. The summed E-state index contributed by atoms with van der Waals surface area (Å²) in [6.07, 6.45) is 35.8. The average Bonchev–Trinajstić information content (AvgIpc) is 3.28. The van der Waals surface area contributed by atoms with Crippen molar-refractivity contribution >= 4 is 12.4 Å². The van der Waals surface area contributed by atoms with E-state index in [2.05, 4.69) is 23.8 Å². The fourth-order valence-electron chi connectivity index (χ4n) is 4.65. The van der Waals surface area contributed by atoms with E-state index in [9.17, 15) is 0 Å². The molecule has 0 aromatic carbocycles. The normalized spacial score (nSPS) is 14.1. The van der Waals surface area contributed by atoms with E-state index in [1.165, 1.54) is 135 Å². The fraction of sp³-hybridized carbons (Fsp3) is 0.893. The van der Waals surface area contributed by atoms with Crippen LogP contribution in [0.1, 0.15) is 155 Å². The van der Waals surface area contributed by atoms with Crippen molar-refractivity contribution in [2.75, 3.05) is 0 Å². The van der Waals surface area contributed by atoms with Crippen LogP contribution in [0.4, 0.5) is 0 Å². The Morgan fingerprint density at radius 1 is 0.500 bits per heavy atom. The van der Waals surface area contributed by atoms with Gasteiger partial charge in [0, 0.05) is 0 Å². The van der Waals surface area contributed by atoms with Gasteiger partial charge in [-0.3, -0.25) is 0 Å². The molecule has 30 heavy (non-hydrogen) atoms. The molecule has 0 saturated heterocycles. The first-order valence-corrected chi connectivity index (χ1v) is 13.8. The smallest absolute Gasteiger partial charge is 0.0968 e. The van der Waals surface area contributed by atoms with E-state index in [1.807, 2.05) is 12.4 Å². The molecular formula is C28H53N2+. The van der Waals surface area contributed by atoms with Crippen LogP contribution < -0.4 is 0 Å². The summed E-state index contributed by atoms with van der Waals surface area (Å²) in [6.45, 7) is 4.60. The number of aliphatic imine (C=N–C) groups is 2. The molecule has 0 N–H and O–H groups in total. The number of hydrogen-bond acceptors (Lipinski definition) is 2. The Labute approximate surface area is 189 Å². The van der Waals surface area contributed by atoms with Gasteiger partial charge < -0.3 is 0 Å². The maximum absolute atomic E-state index is 4.37. The van der Waals surface area contributed by atoms with Crippen LogP contribution in [0.15, 0.2) is 9.98 Å². The van der Waals surface area contributed by atoms with Gasteiger partial charge in [-0.2, -0.15) is 0 Å². The Hall–Kier alpha value is -0.790. The van der Waals surface area contributed by atoms with E-state index in [1.54, 1.807) is 0 Å². The summed E-state index contributed by atoms with van der Waals surface area (Å²) in [6, 6.07) is 0. The molecule has 0 bridgehead atoms. The zero-order valence-electron chi connectivity index (χ0n) is 20.7. The summed E-state index contributed by atoms with van der Waals surface area (Å²) in [5.41, 5.74) is 0. The van der Waals surface area contributed by atoms with Gasteiger partial charge in [0.05, 0.1) is 6.42 Å². The predicted octanol–water partition coefficient (Wildman–Crippen LogP) is 9.87. The third-order valence-corrected chi connectivity index (χ3v) is 6.72. The van der Waals surface area contributed by atoms with Crippen LogP contribution in [0.3, 0.4) is 0 Å². The van der Waals surface area contributed by atoms with Crippen molar-refractivity contribution in [1.29, 1.82) is 0 Å². The Balaban J connectivity index is 1.99. The van der Waals surface area contributed by atoms with Gasteiger partial charge in [0.25, 0.3) is 0 Å². The van der Waals surface area contributed by atoms with Crippen LogP contribution >= 0.6 is 0 Å². The molecule has 1 heterocycles. The highest BCUT2D eigenvalue weighted by Crippen LogP contribution is 2.27. The van der Waals surface area contributed by atoms with Gasteiger partial charge >= 0.3 is 0 Å². The van der Waals surface area contributed by atoms with Crippen LogP contribution in [0.25, 0.3) is 0 Å². The molecule has 0 saturated carbocycles. The standard InChI is InChI=1S/C28H53N2/c1-3-5-7-9-10-11-12-13-14-15-16-18-20-22-27(21-19-17-8-6-4-2)23-24-28-29-25-26-30-28/h25-27H,3-24H2,1-2H3/q+1. The summed E-state index contributed by atoms with van der Waals surface area (Å²) in [7, 11) is 0. The van der Waals surface area contributed by atoms with Gasteiger partial charge in [-0.15, -0.1) is 0 Å². The molecule has 1 unspecified atom stereocenters. The summed E-state index contributed by atoms with van der Waals surface area (Å²) in [5.74, 6) is 0.887. The molecular weight excluding hydrogens is 364 g/mol. The fourth-order valence-corrected chi connectivity index (χ4v) is 4.65. The van der Waals surface area contributed by atoms with Crippen molar-refractivity contribution < 1.29 is 0 Å². The summed E-state index contributed by atoms with van der Waals surface area (Å²) < 4.78 is 0. The minimum Gasteiger partial charge on any atom is -0.0968 e. The topological polar surface area (TPSA) is 24.7 Å².